The predicted molar refractivity (Wildman–Crippen MR) is 86.8 cm³/mol. The molecule has 114 valence electrons. The van der Waals surface area contributed by atoms with Crippen molar-refractivity contribution in [2.24, 2.45) is 4.99 Å². The number of oxazole rings is 1. The minimum Gasteiger partial charge on any atom is -0.444 e. The van der Waals surface area contributed by atoms with Gasteiger partial charge in [-0.15, -0.1) is 11.3 Å². The second-order valence-electron chi connectivity index (χ2n) is 4.70. The van der Waals surface area contributed by atoms with E-state index in [1.54, 1.807) is 11.3 Å². The monoisotopic (exact) mass is 306 g/mol. The zero-order valence-electron chi connectivity index (χ0n) is 12.8. The first-order chi connectivity index (χ1) is 10.2. The molecule has 2 rings (SSSR count). The Labute approximate surface area is 129 Å². The van der Waals surface area contributed by atoms with Crippen molar-refractivity contribution >= 4 is 17.3 Å². The largest absolute Gasteiger partial charge is 0.444 e. The number of guanidine groups is 1. The standard InChI is InChI=1S/C15H22N4OS/c1-4-16-15(17-8-7-13-6-5-9-21-13)18-10-14-19-11(2)12(3)20-14/h5-6,9H,4,7-8,10H2,1-3H3,(H2,16,17,18). The van der Waals surface area contributed by atoms with Gasteiger partial charge in [-0.3, -0.25) is 0 Å². The minimum atomic E-state index is 0.447. The third kappa shape index (κ3) is 4.90. The maximum absolute atomic E-state index is 5.53. The molecule has 0 atom stereocenters. The molecule has 2 N–H and O–H groups in total. The van der Waals surface area contributed by atoms with Gasteiger partial charge in [-0.1, -0.05) is 6.07 Å². The second kappa shape index (κ2) is 7.83. The Kier molecular flexibility index (Phi) is 5.80. The van der Waals surface area contributed by atoms with Crippen LogP contribution >= 0.6 is 11.3 Å². The lowest BCUT2D eigenvalue weighted by atomic mass is 10.3. The molecule has 0 unspecified atom stereocenters. The van der Waals surface area contributed by atoms with Crippen molar-refractivity contribution < 1.29 is 4.42 Å². The molecule has 2 aromatic heterocycles. The van der Waals surface area contributed by atoms with Crippen LogP contribution in [0.3, 0.4) is 0 Å². The smallest absolute Gasteiger partial charge is 0.216 e. The summed E-state index contributed by atoms with van der Waals surface area (Å²) in [5.41, 5.74) is 0.927. The van der Waals surface area contributed by atoms with Crippen molar-refractivity contribution in [3.8, 4) is 0 Å². The summed E-state index contributed by atoms with van der Waals surface area (Å²) >= 11 is 1.78. The van der Waals surface area contributed by atoms with Crippen LogP contribution < -0.4 is 10.6 Å². The van der Waals surface area contributed by atoms with Gasteiger partial charge >= 0.3 is 0 Å². The maximum Gasteiger partial charge on any atom is 0.216 e. The summed E-state index contributed by atoms with van der Waals surface area (Å²) in [7, 11) is 0. The predicted octanol–water partition coefficient (Wildman–Crippen LogP) is 2.65. The van der Waals surface area contributed by atoms with Gasteiger partial charge in [-0.25, -0.2) is 9.98 Å². The highest BCUT2D eigenvalue weighted by Gasteiger charge is 2.05. The maximum atomic E-state index is 5.53. The topological polar surface area (TPSA) is 62.5 Å². The van der Waals surface area contributed by atoms with Crippen LogP contribution in [0.5, 0.6) is 0 Å². The molecule has 0 radical (unpaired) electrons. The third-order valence-electron chi connectivity index (χ3n) is 3.03. The number of nitrogens with zero attached hydrogens (tertiary/aromatic N) is 2. The fraction of sp³-hybridized carbons (Fsp3) is 0.467. The molecule has 0 saturated carbocycles. The summed E-state index contributed by atoms with van der Waals surface area (Å²) in [5.74, 6) is 2.30. The Morgan fingerprint density at radius 2 is 2.24 bits per heavy atom. The highest BCUT2D eigenvalue weighted by molar-refractivity contribution is 7.09. The van der Waals surface area contributed by atoms with Crippen LogP contribution in [0.25, 0.3) is 0 Å². The Morgan fingerprint density at radius 1 is 1.38 bits per heavy atom. The zero-order chi connectivity index (χ0) is 15.1. The number of rotatable bonds is 6. The zero-order valence-corrected chi connectivity index (χ0v) is 13.6. The lowest BCUT2D eigenvalue weighted by molar-refractivity contribution is 0.473. The molecule has 2 aromatic rings. The molecular formula is C15H22N4OS. The van der Waals surface area contributed by atoms with Crippen molar-refractivity contribution in [1.82, 2.24) is 15.6 Å². The summed E-state index contributed by atoms with van der Waals surface area (Å²) < 4.78 is 5.53. The van der Waals surface area contributed by atoms with E-state index in [0.29, 0.717) is 12.4 Å². The summed E-state index contributed by atoms with van der Waals surface area (Å²) in [6.07, 6.45) is 0.999. The molecule has 21 heavy (non-hydrogen) atoms. The number of nitrogens with one attached hydrogen (secondary N) is 2. The quantitative estimate of drug-likeness (QED) is 0.636. The number of hydrogen-bond donors (Lipinski definition) is 2. The third-order valence-corrected chi connectivity index (χ3v) is 3.97. The van der Waals surface area contributed by atoms with Crippen molar-refractivity contribution in [2.45, 2.75) is 33.7 Å². The van der Waals surface area contributed by atoms with E-state index in [9.17, 15) is 0 Å². The van der Waals surface area contributed by atoms with Crippen molar-refractivity contribution in [3.05, 3.63) is 39.7 Å². The summed E-state index contributed by atoms with van der Waals surface area (Å²) in [4.78, 5) is 10.2. The normalized spacial score (nSPS) is 11.7. The molecule has 0 saturated heterocycles. The molecule has 0 aliphatic rings. The van der Waals surface area contributed by atoms with Crippen LogP contribution in [0, 0.1) is 13.8 Å². The first kappa shape index (κ1) is 15.6. The molecule has 0 aliphatic heterocycles. The van der Waals surface area contributed by atoms with E-state index in [0.717, 1.165) is 36.9 Å². The SMILES string of the molecule is CCNC(=NCc1nc(C)c(C)o1)NCCc1cccs1. The number of hydrogen-bond acceptors (Lipinski definition) is 4. The Hall–Kier alpha value is -1.82. The molecular weight excluding hydrogens is 284 g/mol. The van der Waals surface area contributed by atoms with E-state index in [-0.39, 0.29) is 0 Å². The molecule has 0 fully saturated rings. The average Bonchev–Trinajstić information content (AvgIpc) is 3.07. The van der Waals surface area contributed by atoms with Crippen molar-refractivity contribution in [3.63, 3.8) is 0 Å². The van der Waals surface area contributed by atoms with Crippen LogP contribution in [-0.4, -0.2) is 24.0 Å². The summed E-state index contributed by atoms with van der Waals surface area (Å²) in [6.45, 7) is 8.04. The second-order valence-corrected chi connectivity index (χ2v) is 5.73. The molecule has 5 nitrogen and oxygen atoms in total. The van der Waals surface area contributed by atoms with Gasteiger partial charge in [0.25, 0.3) is 0 Å². The summed E-state index contributed by atoms with van der Waals surface area (Å²) in [5, 5.41) is 8.65. The molecule has 0 aromatic carbocycles. The first-order valence-corrected chi connectivity index (χ1v) is 8.04. The lowest BCUT2D eigenvalue weighted by Gasteiger charge is -2.10. The van der Waals surface area contributed by atoms with Crippen LogP contribution in [-0.2, 0) is 13.0 Å². The van der Waals surface area contributed by atoms with Gasteiger partial charge in [0.15, 0.2) is 5.96 Å². The van der Waals surface area contributed by atoms with Crippen molar-refractivity contribution in [1.29, 1.82) is 0 Å². The van der Waals surface area contributed by atoms with E-state index < -0.39 is 0 Å². The molecule has 0 bridgehead atoms. The van der Waals surface area contributed by atoms with Crippen LogP contribution in [0.1, 0.15) is 29.1 Å². The Bertz CT molecular complexity index is 555. The fourth-order valence-corrected chi connectivity index (χ4v) is 2.56. The van der Waals surface area contributed by atoms with Gasteiger partial charge in [0.2, 0.25) is 5.89 Å². The van der Waals surface area contributed by atoms with E-state index in [2.05, 4.69) is 45.0 Å². The average molecular weight is 306 g/mol. The molecule has 0 amide bonds. The number of aryl methyl sites for hydroxylation is 2. The van der Waals surface area contributed by atoms with E-state index in [1.165, 1.54) is 4.88 Å². The van der Waals surface area contributed by atoms with E-state index in [4.69, 9.17) is 4.42 Å². The van der Waals surface area contributed by atoms with E-state index >= 15 is 0 Å². The lowest BCUT2D eigenvalue weighted by Crippen LogP contribution is -2.38. The number of aliphatic imine (C=N–C) groups is 1. The molecule has 0 spiro atoms. The van der Waals surface area contributed by atoms with Crippen LogP contribution in [0.15, 0.2) is 26.9 Å². The fourth-order valence-electron chi connectivity index (χ4n) is 1.85. The number of thiophene rings is 1. The molecule has 6 heteroatoms. The highest BCUT2D eigenvalue weighted by atomic mass is 32.1. The molecule has 0 aliphatic carbocycles. The van der Waals surface area contributed by atoms with Gasteiger partial charge in [0.05, 0.1) is 5.69 Å². The highest BCUT2D eigenvalue weighted by Crippen LogP contribution is 2.09. The van der Waals surface area contributed by atoms with Gasteiger partial charge in [-0.05, 0) is 38.6 Å². The van der Waals surface area contributed by atoms with Gasteiger partial charge in [0, 0.05) is 18.0 Å². The van der Waals surface area contributed by atoms with Gasteiger partial charge < -0.3 is 15.1 Å². The van der Waals surface area contributed by atoms with Crippen LogP contribution in [0.4, 0.5) is 0 Å². The first-order valence-electron chi connectivity index (χ1n) is 7.16. The van der Waals surface area contributed by atoms with E-state index in [1.807, 2.05) is 13.8 Å². The minimum absolute atomic E-state index is 0.447. The van der Waals surface area contributed by atoms with Gasteiger partial charge in [-0.2, -0.15) is 0 Å². The Morgan fingerprint density at radius 3 is 2.86 bits per heavy atom. The Balaban J connectivity index is 1.86. The van der Waals surface area contributed by atoms with Crippen molar-refractivity contribution in [2.75, 3.05) is 13.1 Å². The number of aromatic nitrogens is 1. The van der Waals surface area contributed by atoms with Crippen LogP contribution in [0.2, 0.25) is 0 Å². The summed E-state index contributed by atoms with van der Waals surface area (Å²) in [6, 6.07) is 4.22. The van der Waals surface area contributed by atoms with Gasteiger partial charge in [0.1, 0.15) is 12.3 Å². The molecule has 2 heterocycles.